The lowest BCUT2D eigenvalue weighted by molar-refractivity contribution is 0.248. The summed E-state index contributed by atoms with van der Waals surface area (Å²) in [6.45, 7) is 5.95. The van der Waals surface area contributed by atoms with Crippen LogP contribution in [0.1, 0.15) is 43.6 Å². The van der Waals surface area contributed by atoms with Crippen LogP contribution in [0.15, 0.2) is 6.20 Å². The Kier molecular flexibility index (Phi) is 2.95. The van der Waals surface area contributed by atoms with Crippen LogP contribution < -0.4 is 0 Å². The predicted octanol–water partition coefficient (Wildman–Crippen LogP) is 2.27. The van der Waals surface area contributed by atoms with E-state index in [9.17, 15) is 0 Å². The Morgan fingerprint density at radius 1 is 1.29 bits per heavy atom. The van der Waals surface area contributed by atoms with E-state index in [1.807, 2.05) is 0 Å². The van der Waals surface area contributed by atoms with Gasteiger partial charge in [-0.05, 0) is 38.8 Å². The first-order valence-electron chi connectivity index (χ1n) is 6.97. The Bertz CT molecular complexity index is 396. The van der Waals surface area contributed by atoms with Crippen molar-refractivity contribution in [2.45, 2.75) is 45.1 Å². The van der Waals surface area contributed by atoms with E-state index in [4.69, 9.17) is 4.98 Å². The van der Waals surface area contributed by atoms with Crippen LogP contribution in [0, 0.1) is 5.92 Å². The van der Waals surface area contributed by atoms with Gasteiger partial charge < -0.3 is 9.47 Å². The summed E-state index contributed by atoms with van der Waals surface area (Å²) in [5.74, 6) is 2.81. The van der Waals surface area contributed by atoms with Crippen molar-refractivity contribution in [3.63, 3.8) is 0 Å². The predicted molar refractivity (Wildman–Crippen MR) is 69.2 cm³/mol. The number of imidazole rings is 1. The van der Waals surface area contributed by atoms with Crippen molar-refractivity contribution < 1.29 is 0 Å². The standard InChI is InChI=1S/C14H23N3/c1-11-5-6-14-15-13(10-17(14)8-11)12-4-3-7-16(2)9-12/h10-12H,3-9H2,1-2H3. The van der Waals surface area contributed by atoms with Crippen LogP contribution >= 0.6 is 0 Å². The molecule has 0 bridgehead atoms. The maximum absolute atomic E-state index is 4.88. The molecule has 0 aromatic carbocycles. The molecule has 0 spiro atoms. The number of hydrogen-bond acceptors (Lipinski definition) is 2. The number of nitrogens with zero attached hydrogens (tertiary/aromatic N) is 3. The van der Waals surface area contributed by atoms with E-state index >= 15 is 0 Å². The molecule has 2 aliphatic rings. The fourth-order valence-corrected chi connectivity index (χ4v) is 3.24. The second-order valence-electron chi connectivity index (χ2n) is 5.98. The highest BCUT2D eigenvalue weighted by Gasteiger charge is 2.24. The Hall–Kier alpha value is -0.830. The van der Waals surface area contributed by atoms with Gasteiger partial charge in [-0.15, -0.1) is 0 Å². The third-order valence-corrected chi connectivity index (χ3v) is 4.29. The zero-order chi connectivity index (χ0) is 11.8. The van der Waals surface area contributed by atoms with Crippen molar-refractivity contribution in [3.8, 4) is 0 Å². The molecule has 0 aliphatic carbocycles. The van der Waals surface area contributed by atoms with Crippen LogP contribution in [0.25, 0.3) is 0 Å². The number of likely N-dealkylation sites (tertiary alicyclic amines) is 1. The molecule has 3 heterocycles. The van der Waals surface area contributed by atoms with E-state index in [2.05, 4.69) is 29.6 Å². The van der Waals surface area contributed by atoms with Crippen LogP contribution in [0.4, 0.5) is 0 Å². The summed E-state index contributed by atoms with van der Waals surface area (Å²) in [6.07, 6.45) is 7.44. The van der Waals surface area contributed by atoms with Crippen molar-refractivity contribution in [2.75, 3.05) is 20.1 Å². The Morgan fingerprint density at radius 2 is 2.18 bits per heavy atom. The summed E-state index contributed by atoms with van der Waals surface area (Å²) < 4.78 is 2.40. The van der Waals surface area contributed by atoms with Gasteiger partial charge in [0.1, 0.15) is 5.82 Å². The molecule has 2 unspecified atom stereocenters. The maximum Gasteiger partial charge on any atom is 0.108 e. The summed E-state index contributed by atoms with van der Waals surface area (Å²) in [5.41, 5.74) is 1.35. The summed E-state index contributed by atoms with van der Waals surface area (Å²) in [4.78, 5) is 7.32. The van der Waals surface area contributed by atoms with Crippen LogP contribution in [-0.4, -0.2) is 34.6 Å². The quantitative estimate of drug-likeness (QED) is 0.742. The molecule has 2 aliphatic heterocycles. The van der Waals surface area contributed by atoms with Gasteiger partial charge in [-0.3, -0.25) is 0 Å². The number of hydrogen-bond donors (Lipinski definition) is 0. The van der Waals surface area contributed by atoms with Crippen LogP contribution in [0.2, 0.25) is 0 Å². The second kappa shape index (κ2) is 4.45. The minimum absolute atomic E-state index is 0.669. The van der Waals surface area contributed by atoms with E-state index in [1.165, 1.54) is 56.8 Å². The highest BCUT2D eigenvalue weighted by atomic mass is 15.1. The van der Waals surface area contributed by atoms with Gasteiger partial charge in [0.2, 0.25) is 0 Å². The molecule has 2 atom stereocenters. The number of aromatic nitrogens is 2. The van der Waals surface area contributed by atoms with Gasteiger partial charge in [-0.2, -0.15) is 0 Å². The van der Waals surface area contributed by atoms with Crippen molar-refractivity contribution in [2.24, 2.45) is 5.92 Å². The third-order valence-electron chi connectivity index (χ3n) is 4.29. The SMILES string of the molecule is CC1CCc2nc(C3CCCN(C)C3)cn2C1. The van der Waals surface area contributed by atoms with Gasteiger partial charge in [-0.25, -0.2) is 4.98 Å². The van der Waals surface area contributed by atoms with E-state index in [-0.39, 0.29) is 0 Å². The van der Waals surface area contributed by atoms with Crippen molar-refractivity contribution in [3.05, 3.63) is 17.7 Å². The van der Waals surface area contributed by atoms with Gasteiger partial charge in [0, 0.05) is 31.6 Å². The summed E-state index contributed by atoms with van der Waals surface area (Å²) in [6, 6.07) is 0. The molecule has 0 amide bonds. The zero-order valence-electron chi connectivity index (χ0n) is 11.0. The minimum atomic E-state index is 0.669. The van der Waals surface area contributed by atoms with Gasteiger partial charge >= 0.3 is 0 Å². The van der Waals surface area contributed by atoms with Gasteiger partial charge in [0.15, 0.2) is 0 Å². The Labute approximate surface area is 104 Å². The fourth-order valence-electron chi connectivity index (χ4n) is 3.24. The third kappa shape index (κ3) is 2.25. The lowest BCUT2D eigenvalue weighted by Gasteiger charge is -2.28. The molecule has 1 aromatic rings. The number of piperidine rings is 1. The van der Waals surface area contributed by atoms with E-state index in [0.29, 0.717) is 5.92 Å². The maximum atomic E-state index is 4.88. The molecule has 1 aromatic heterocycles. The van der Waals surface area contributed by atoms with E-state index in [1.54, 1.807) is 0 Å². The number of rotatable bonds is 1. The Morgan fingerprint density at radius 3 is 3.00 bits per heavy atom. The average molecular weight is 233 g/mol. The summed E-state index contributed by atoms with van der Waals surface area (Å²) in [7, 11) is 2.23. The fraction of sp³-hybridized carbons (Fsp3) is 0.786. The summed E-state index contributed by atoms with van der Waals surface area (Å²) in [5, 5.41) is 0. The van der Waals surface area contributed by atoms with Gasteiger partial charge in [0.25, 0.3) is 0 Å². The first kappa shape index (κ1) is 11.3. The molecule has 1 fully saturated rings. The molecule has 0 N–H and O–H groups in total. The van der Waals surface area contributed by atoms with Crippen molar-refractivity contribution >= 4 is 0 Å². The topological polar surface area (TPSA) is 21.1 Å². The average Bonchev–Trinajstić information content (AvgIpc) is 2.72. The number of likely N-dealkylation sites (N-methyl/N-ethyl adjacent to an activating group) is 1. The lowest BCUT2D eigenvalue weighted by atomic mass is 9.96. The normalized spacial score (nSPS) is 30.2. The number of fused-ring (bicyclic) bond motifs is 1. The summed E-state index contributed by atoms with van der Waals surface area (Å²) >= 11 is 0. The highest BCUT2D eigenvalue weighted by Crippen LogP contribution is 2.28. The molecular formula is C14H23N3. The zero-order valence-corrected chi connectivity index (χ0v) is 11.0. The highest BCUT2D eigenvalue weighted by molar-refractivity contribution is 5.12. The van der Waals surface area contributed by atoms with Crippen molar-refractivity contribution in [1.29, 1.82) is 0 Å². The van der Waals surface area contributed by atoms with E-state index < -0.39 is 0 Å². The van der Waals surface area contributed by atoms with Crippen LogP contribution in [0.3, 0.4) is 0 Å². The largest absolute Gasteiger partial charge is 0.334 e. The Balaban J connectivity index is 1.79. The molecular weight excluding hydrogens is 210 g/mol. The molecule has 3 nitrogen and oxygen atoms in total. The monoisotopic (exact) mass is 233 g/mol. The van der Waals surface area contributed by atoms with Gasteiger partial charge in [0.05, 0.1) is 5.69 Å². The van der Waals surface area contributed by atoms with E-state index in [0.717, 1.165) is 5.92 Å². The number of aryl methyl sites for hydroxylation is 1. The molecule has 1 saturated heterocycles. The molecule has 94 valence electrons. The lowest BCUT2D eigenvalue weighted by Crippen LogP contribution is -2.30. The molecule has 3 heteroatoms. The molecule has 0 saturated carbocycles. The molecule has 17 heavy (non-hydrogen) atoms. The molecule has 0 radical (unpaired) electrons. The van der Waals surface area contributed by atoms with Gasteiger partial charge in [-0.1, -0.05) is 6.92 Å². The minimum Gasteiger partial charge on any atom is -0.334 e. The van der Waals surface area contributed by atoms with Crippen LogP contribution in [0.5, 0.6) is 0 Å². The molecule has 3 rings (SSSR count). The smallest absolute Gasteiger partial charge is 0.108 e. The van der Waals surface area contributed by atoms with Crippen molar-refractivity contribution in [1.82, 2.24) is 14.5 Å². The van der Waals surface area contributed by atoms with Crippen LogP contribution in [-0.2, 0) is 13.0 Å². The first-order chi connectivity index (χ1) is 8.22. The first-order valence-corrected chi connectivity index (χ1v) is 6.97. The second-order valence-corrected chi connectivity index (χ2v) is 5.98.